The lowest BCUT2D eigenvalue weighted by molar-refractivity contribution is -0.113. The van der Waals surface area contributed by atoms with Crippen molar-refractivity contribution in [3.63, 3.8) is 0 Å². The SMILES string of the molecule is CCOc1cc(/C=C2/SC(=S)N(c3cccc(Br)c3)C2=O)ccc1OCc1ccc2ccccc2c1. The number of rotatable bonds is 7. The first kappa shape index (κ1) is 24.6. The predicted octanol–water partition coefficient (Wildman–Crippen LogP) is 7.99. The van der Waals surface area contributed by atoms with Crippen LogP contribution in [-0.4, -0.2) is 16.8 Å². The van der Waals surface area contributed by atoms with Crippen LogP contribution < -0.4 is 14.4 Å². The molecule has 0 aromatic heterocycles. The number of carbonyl (C=O) groups excluding carboxylic acids is 1. The Balaban J connectivity index is 1.36. The topological polar surface area (TPSA) is 38.8 Å². The average molecular weight is 577 g/mol. The molecule has 7 heteroatoms. The van der Waals surface area contributed by atoms with E-state index in [0.717, 1.165) is 21.3 Å². The molecule has 1 heterocycles. The largest absolute Gasteiger partial charge is 0.490 e. The number of ether oxygens (including phenoxy) is 2. The molecule has 0 unspecified atom stereocenters. The van der Waals surface area contributed by atoms with E-state index in [4.69, 9.17) is 21.7 Å². The minimum atomic E-state index is -0.141. The van der Waals surface area contributed by atoms with Gasteiger partial charge in [-0.2, -0.15) is 0 Å². The van der Waals surface area contributed by atoms with E-state index in [2.05, 4.69) is 46.3 Å². The van der Waals surface area contributed by atoms with Crippen LogP contribution in [0.3, 0.4) is 0 Å². The van der Waals surface area contributed by atoms with Crippen molar-refractivity contribution in [2.24, 2.45) is 0 Å². The van der Waals surface area contributed by atoms with Crippen LogP contribution in [0.1, 0.15) is 18.1 Å². The van der Waals surface area contributed by atoms with Crippen LogP contribution in [0, 0.1) is 0 Å². The molecule has 1 aliphatic rings. The van der Waals surface area contributed by atoms with Gasteiger partial charge >= 0.3 is 0 Å². The Labute approximate surface area is 228 Å². The number of fused-ring (bicyclic) bond motifs is 1. The quantitative estimate of drug-likeness (QED) is 0.165. The number of thioether (sulfide) groups is 1. The van der Waals surface area contributed by atoms with Gasteiger partial charge in [0.05, 0.1) is 17.2 Å². The summed E-state index contributed by atoms with van der Waals surface area (Å²) in [6.45, 7) is 2.86. The minimum Gasteiger partial charge on any atom is -0.490 e. The Morgan fingerprint density at radius 2 is 1.75 bits per heavy atom. The number of carbonyl (C=O) groups is 1. The Bertz CT molecular complexity index is 1500. The van der Waals surface area contributed by atoms with Gasteiger partial charge in [0, 0.05) is 4.47 Å². The molecule has 0 radical (unpaired) electrons. The molecule has 0 bridgehead atoms. The van der Waals surface area contributed by atoms with E-state index in [9.17, 15) is 4.79 Å². The Morgan fingerprint density at radius 3 is 2.56 bits per heavy atom. The zero-order valence-corrected chi connectivity index (χ0v) is 22.7. The number of benzene rings is 4. The molecule has 1 fully saturated rings. The van der Waals surface area contributed by atoms with E-state index >= 15 is 0 Å². The van der Waals surface area contributed by atoms with Crippen molar-refractivity contribution in [1.82, 2.24) is 0 Å². The summed E-state index contributed by atoms with van der Waals surface area (Å²) in [5.74, 6) is 1.15. The van der Waals surface area contributed by atoms with Gasteiger partial charge in [-0.1, -0.05) is 88.4 Å². The smallest absolute Gasteiger partial charge is 0.270 e. The first-order valence-electron chi connectivity index (χ1n) is 11.4. The third-order valence-electron chi connectivity index (χ3n) is 5.63. The summed E-state index contributed by atoms with van der Waals surface area (Å²) in [6.07, 6.45) is 1.84. The van der Waals surface area contributed by atoms with E-state index in [0.29, 0.717) is 33.9 Å². The highest BCUT2D eigenvalue weighted by Gasteiger charge is 2.33. The molecule has 4 nitrogen and oxygen atoms in total. The van der Waals surface area contributed by atoms with Gasteiger partial charge in [0.1, 0.15) is 6.61 Å². The predicted molar refractivity (Wildman–Crippen MR) is 156 cm³/mol. The van der Waals surface area contributed by atoms with E-state index in [1.807, 2.05) is 67.6 Å². The highest BCUT2D eigenvalue weighted by atomic mass is 79.9. The second kappa shape index (κ2) is 10.9. The molecule has 5 rings (SSSR count). The van der Waals surface area contributed by atoms with Crippen LogP contribution in [-0.2, 0) is 11.4 Å². The number of hydrogen-bond donors (Lipinski definition) is 0. The fraction of sp³-hybridized carbons (Fsp3) is 0.103. The van der Waals surface area contributed by atoms with Crippen LogP contribution in [0.5, 0.6) is 11.5 Å². The number of amides is 1. The summed E-state index contributed by atoms with van der Waals surface area (Å²) in [6, 6.07) is 27.8. The summed E-state index contributed by atoms with van der Waals surface area (Å²) in [5, 5.41) is 2.38. The highest BCUT2D eigenvalue weighted by molar-refractivity contribution is 9.10. The molecule has 36 heavy (non-hydrogen) atoms. The van der Waals surface area contributed by atoms with Crippen molar-refractivity contribution in [2.45, 2.75) is 13.5 Å². The van der Waals surface area contributed by atoms with Crippen LogP contribution in [0.15, 0.2) is 94.3 Å². The molecule has 4 aromatic carbocycles. The molecular formula is C29H22BrNO3S2. The third-order valence-corrected chi connectivity index (χ3v) is 7.43. The highest BCUT2D eigenvalue weighted by Crippen LogP contribution is 2.38. The van der Waals surface area contributed by atoms with E-state index in [1.54, 1.807) is 4.90 Å². The third kappa shape index (κ3) is 5.33. The van der Waals surface area contributed by atoms with Crippen molar-refractivity contribution in [3.05, 3.63) is 105 Å². The fourth-order valence-electron chi connectivity index (χ4n) is 3.95. The zero-order valence-electron chi connectivity index (χ0n) is 19.4. The van der Waals surface area contributed by atoms with Crippen molar-refractivity contribution in [2.75, 3.05) is 11.5 Å². The number of thiocarbonyl (C=S) groups is 1. The molecule has 1 amide bonds. The molecule has 0 N–H and O–H groups in total. The van der Waals surface area contributed by atoms with E-state index in [-0.39, 0.29) is 5.91 Å². The van der Waals surface area contributed by atoms with Crippen LogP contribution in [0.25, 0.3) is 16.8 Å². The molecule has 0 aliphatic carbocycles. The number of halogens is 1. The average Bonchev–Trinajstić information content (AvgIpc) is 3.16. The molecule has 1 aliphatic heterocycles. The Kier molecular flexibility index (Phi) is 7.41. The maximum Gasteiger partial charge on any atom is 0.270 e. The van der Waals surface area contributed by atoms with Crippen molar-refractivity contribution in [3.8, 4) is 11.5 Å². The maximum absolute atomic E-state index is 13.1. The van der Waals surface area contributed by atoms with Crippen LogP contribution in [0.4, 0.5) is 5.69 Å². The van der Waals surface area contributed by atoms with Gasteiger partial charge in [0.25, 0.3) is 5.91 Å². The van der Waals surface area contributed by atoms with Gasteiger partial charge in [-0.15, -0.1) is 0 Å². The first-order valence-corrected chi connectivity index (χ1v) is 13.4. The second-order valence-electron chi connectivity index (χ2n) is 8.11. The van der Waals surface area contributed by atoms with E-state index in [1.165, 1.54) is 22.5 Å². The summed E-state index contributed by atoms with van der Waals surface area (Å²) in [5.41, 5.74) is 2.66. The normalized spacial score (nSPS) is 14.6. The molecule has 0 spiro atoms. The van der Waals surface area contributed by atoms with Crippen molar-refractivity contribution >= 4 is 72.7 Å². The summed E-state index contributed by atoms with van der Waals surface area (Å²) < 4.78 is 13.4. The van der Waals surface area contributed by atoms with Gasteiger partial charge < -0.3 is 9.47 Å². The lowest BCUT2D eigenvalue weighted by Crippen LogP contribution is -2.27. The van der Waals surface area contributed by atoms with Crippen LogP contribution >= 0.6 is 39.9 Å². The lowest BCUT2D eigenvalue weighted by Gasteiger charge is -2.14. The van der Waals surface area contributed by atoms with Crippen LogP contribution in [0.2, 0.25) is 0 Å². The molecule has 0 saturated carbocycles. The molecule has 1 saturated heterocycles. The fourth-order valence-corrected chi connectivity index (χ4v) is 5.63. The number of nitrogens with zero attached hydrogens (tertiary/aromatic N) is 1. The first-order chi connectivity index (χ1) is 17.5. The lowest BCUT2D eigenvalue weighted by atomic mass is 10.1. The standard InChI is InChI=1S/C29H22BrNO3S2/c1-2-33-26-15-19(16-27-28(32)31(29(35)36-27)24-9-5-8-23(30)17-24)11-13-25(26)34-18-20-10-12-21-6-3-4-7-22(21)14-20/h3-17H,2,18H2,1H3/b27-16+. The van der Waals surface area contributed by atoms with Gasteiger partial charge in [-0.3, -0.25) is 9.69 Å². The van der Waals surface area contributed by atoms with Gasteiger partial charge in [-0.05, 0) is 71.3 Å². The van der Waals surface area contributed by atoms with Gasteiger partial charge in [0.15, 0.2) is 15.8 Å². The minimum absolute atomic E-state index is 0.141. The molecular weight excluding hydrogens is 554 g/mol. The molecule has 4 aromatic rings. The van der Waals surface area contributed by atoms with Gasteiger partial charge in [0.2, 0.25) is 0 Å². The van der Waals surface area contributed by atoms with Crippen molar-refractivity contribution in [1.29, 1.82) is 0 Å². The molecule has 180 valence electrons. The van der Waals surface area contributed by atoms with E-state index < -0.39 is 0 Å². The van der Waals surface area contributed by atoms with Crippen molar-refractivity contribution < 1.29 is 14.3 Å². The molecule has 0 atom stereocenters. The maximum atomic E-state index is 13.1. The number of anilines is 1. The summed E-state index contributed by atoms with van der Waals surface area (Å²) >= 11 is 10.2. The second-order valence-corrected chi connectivity index (χ2v) is 10.7. The zero-order chi connectivity index (χ0) is 25.1. The monoisotopic (exact) mass is 575 g/mol. The van der Waals surface area contributed by atoms with Gasteiger partial charge in [-0.25, -0.2) is 0 Å². The summed E-state index contributed by atoms with van der Waals surface area (Å²) in [4.78, 5) is 15.3. The Hall–Kier alpha value is -3.13. The number of hydrogen-bond acceptors (Lipinski definition) is 5. The summed E-state index contributed by atoms with van der Waals surface area (Å²) in [7, 11) is 0. The Morgan fingerprint density at radius 1 is 0.917 bits per heavy atom.